The SMILES string of the molecule is CNC(c1ccc(OC)cc1F)c1cc(Cl)ccc1Cl. The zero-order valence-electron chi connectivity index (χ0n) is 11.1. The van der Waals surface area contributed by atoms with Crippen molar-refractivity contribution in [2.24, 2.45) is 0 Å². The topological polar surface area (TPSA) is 21.3 Å². The van der Waals surface area contributed by atoms with E-state index in [0.29, 0.717) is 21.4 Å². The van der Waals surface area contributed by atoms with Crippen LogP contribution in [0.25, 0.3) is 0 Å². The van der Waals surface area contributed by atoms with Crippen LogP contribution in [-0.2, 0) is 0 Å². The van der Waals surface area contributed by atoms with Gasteiger partial charge in [0, 0.05) is 21.7 Å². The van der Waals surface area contributed by atoms with Gasteiger partial charge in [-0.25, -0.2) is 4.39 Å². The van der Waals surface area contributed by atoms with Gasteiger partial charge in [-0.15, -0.1) is 0 Å². The predicted octanol–water partition coefficient (Wildman–Crippen LogP) is 4.45. The minimum absolute atomic E-state index is 0.361. The number of halogens is 3. The van der Waals surface area contributed by atoms with Gasteiger partial charge in [0.1, 0.15) is 11.6 Å². The van der Waals surface area contributed by atoms with Gasteiger partial charge in [-0.3, -0.25) is 0 Å². The molecule has 106 valence electrons. The third-order valence-electron chi connectivity index (χ3n) is 3.08. The van der Waals surface area contributed by atoms with E-state index in [-0.39, 0.29) is 11.9 Å². The zero-order valence-corrected chi connectivity index (χ0v) is 12.6. The molecule has 2 nitrogen and oxygen atoms in total. The van der Waals surface area contributed by atoms with E-state index in [1.807, 2.05) is 0 Å². The lowest BCUT2D eigenvalue weighted by atomic mass is 9.98. The van der Waals surface area contributed by atoms with Gasteiger partial charge in [0.25, 0.3) is 0 Å². The smallest absolute Gasteiger partial charge is 0.132 e. The maximum atomic E-state index is 14.2. The average Bonchev–Trinajstić information content (AvgIpc) is 2.44. The predicted molar refractivity (Wildman–Crippen MR) is 80.3 cm³/mol. The summed E-state index contributed by atoms with van der Waals surface area (Å²) < 4.78 is 19.2. The van der Waals surface area contributed by atoms with Gasteiger partial charge in [-0.2, -0.15) is 0 Å². The van der Waals surface area contributed by atoms with Gasteiger partial charge in [-0.1, -0.05) is 29.3 Å². The zero-order chi connectivity index (χ0) is 14.7. The number of nitrogens with one attached hydrogen (secondary N) is 1. The minimum atomic E-state index is -0.382. The van der Waals surface area contributed by atoms with Crippen molar-refractivity contribution < 1.29 is 9.13 Å². The van der Waals surface area contributed by atoms with E-state index in [9.17, 15) is 4.39 Å². The number of methoxy groups -OCH3 is 1. The molecule has 2 rings (SSSR count). The Labute approximate surface area is 127 Å². The molecule has 0 bridgehead atoms. The van der Waals surface area contributed by atoms with E-state index < -0.39 is 0 Å². The highest BCUT2D eigenvalue weighted by molar-refractivity contribution is 6.33. The fraction of sp³-hybridized carbons (Fsp3) is 0.200. The van der Waals surface area contributed by atoms with Gasteiger partial charge in [0.2, 0.25) is 0 Å². The van der Waals surface area contributed by atoms with Crippen LogP contribution in [0.5, 0.6) is 5.75 Å². The lowest BCUT2D eigenvalue weighted by Gasteiger charge is -2.20. The lowest BCUT2D eigenvalue weighted by molar-refractivity contribution is 0.410. The van der Waals surface area contributed by atoms with E-state index in [4.69, 9.17) is 27.9 Å². The fourth-order valence-electron chi connectivity index (χ4n) is 2.08. The van der Waals surface area contributed by atoms with E-state index >= 15 is 0 Å². The standard InChI is InChI=1S/C15H14Cl2FNO/c1-19-15(12-7-9(16)3-6-13(12)17)11-5-4-10(20-2)8-14(11)18/h3-8,15,19H,1-2H3. The quantitative estimate of drug-likeness (QED) is 0.900. The second-order valence-corrected chi connectivity index (χ2v) is 5.12. The highest BCUT2D eigenvalue weighted by atomic mass is 35.5. The Morgan fingerprint density at radius 2 is 1.85 bits per heavy atom. The maximum Gasteiger partial charge on any atom is 0.132 e. The summed E-state index contributed by atoms with van der Waals surface area (Å²) in [5, 5.41) is 4.14. The molecular weight excluding hydrogens is 300 g/mol. The second kappa shape index (κ2) is 6.44. The third kappa shape index (κ3) is 3.06. The monoisotopic (exact) mass is 313 g/mol. The summed E-state index contributed by atoms with van der Waals surface area (Å²) >= 11 is 12.2. The Bertz CT molecular complexity index is 619. The van der Waals surface area contributed by atoms with E-state index in [0.717, 1.165) is 5.56 Å². The first-order chi connectivity index (χ1) is 9.56. The number of hydrogen-bond donors (Lipinski definition) is 1. The fourth-order valence-corrected chi connectivity index (χ4v) is 2.49. The highest BCUT2D eigenvalue weighted by Gasteiger charge is 2.19. The van der Waals surface area contributed by atoms with Crippen molar-refractivity contribution in [1.82, 2.24) is 5.32 Å². The van der Waals surface area contributed by atoms with Crippen molar-refractivity contribution in [3.05, 3.63) is 63.4 Å². The Kier molecular flexibility index (Phi) is 4.86. The molecule has 0 amide bonds. The molecule has 0 heterocycles. The Morgan fingerprint density at radius 1 is 1.10 bits per heavy atom. The molecule has 0 radical (unpaired) electrons. The van der Waals surface area contributed by atoms with Gasteiger partial charge < -0.3 is 10.1 Å². The number of hydrogen-bond acceptors (Lipinski definition) is 2. The van der Waals surface area contributed by atoms with Crippen LogP contribution in [0.4, 0.5) is 4.39 Å². The largest absolute Gasteiger partial charge is 0.497 e. The van der Waals surface area contributed by atoms with Crippen LogP contribution < -0.4 is 10.1 Å². The molecular formula is C15H14Cl2FNO. The first-order valence-corrected chi connectivity index (χ1v) is 6.78. The summed E-state index contributed by atoms with van der Waals surface area (Å²) in [6.45, 7) is 0. The molecule has 0 aliphatic carbocycles. The highest BCUT2D eigenvalue weighted by Crippen LogP contribution is 2.32. The molecule has 1 N–H and O–H groups in total. The van der Waals surface area contributed by atoms with Gasteiger partial charge >= 0.3 is 0 Å². The Balaban J connectivity index is 2.49. The van der Waals surface area contributed by atoms with E-state index in [2.05, 4.69) is 5.32 Å². The molecule has 2 aromatic rings. The molecule has 0 spiro atoms. The summed E-state index contributed by atoms with van der Waals surface area (Å²) in [7, 11) is 3.24. The summed E-state index contributed by atoms with van der Waals surface area (Å²) in [6, 6.07) is 9.47. The number of benzene rings is 2. The number of ether oxygens (including phenoxy) is 1. The summed E-state index contributed by atoms with van der Waals surface area (Å²) in [5.74, 6) is 0.109. The van der Waals surface area contributed by atoms with Crippen LogP contribution in [0.3, 0.4) is 0 Å². The first-order valence-electron chi connectivity index (χ1n) is 6.02. The Hall–Kier alpha value is -1.29. The summed E-state index contributed by atoms with van der Waals surface area (Å²) in [5.41, 5.74) is 1.21. The maximum absolute atomic E-state index is 14.2. The van der Waals surface area contributed by atoms with Gasteiger partial charge in [0.15, 0.2) is 0 Å². The molecule has 0 aromatic heterocycles. The average molecular weight is 314 g/mol. The van der Waals surface area contributed by atoms with Crippen LogP contribution in [0, 0.1) is 5.82 Å². The molecule has 0 saturated carbocycles. The summed E-state index contributed by atoms with van der Waals surface area (Å²) in [4.78, 5) is 0. The molecule has 0 aliphatic rings. The minimum Gasteiger partial charge on any atom is -0.497 e. The van der Waals surface area contributed by atoms with Crippen molar-refractivity contribution >= 4 is 23.2 Å². The second-order valence-electron chi connectivity index (χ2n) is 4.27. The summed E-state index contributed by atoms with van der Waals surface area (Å²) in [6.07, 6.45) is 0. The van der Waals surface area contributed by atoms with Crippen LogP contribution in [-0.4, -0.2) is 14.2 Å². The van der Waals surface area contributed by atoms with Gasteiger partial charge in [0.05, 0.1) is 13.2 Å². The van der Waals surface area contributed by atoms with Crippen molar-refractivity contribution in [3.8, 4) is 5.75 Å². The molecule has 1 atom stereocenters. The normalized spacial score (nSPS) is 12.2. The van der Waals surface area contributed by atoms with Gasteiger partial charge in [-0.05, 0) is 36.9 Å². The Morgan fingerprint density at radius 3 is 2.45 bits per heavy atom. The molecule has 20 heavy (non-hydrogen) atoms. The van der Waals surface area contributed by atoms with Crippen LogP contribution in [0.1, 0.15) is 17.2 Å². The first kappa shape index (κ1) is 15.1. The van der Waals surface area contributed by atoms with Crippen LogP contribution in [0.15, 0.2) is 36.4 Å². The molecule has 0 saturated heterocycles. The molecule has 0 aliphatic heterocycles. The van der Waals surface area contributed by atoms with Crippen molar-refractivity contribution in [3.63, 3.8) is 0 Å². The lowest BCUT2D eigenvalue weighted by Crippen LogP contribution is -2.19. The van der Waals surface area contributed by atoms with Crippen LogP contribution in [0.2, 0.25) is 10.0 Å². The van der Waals surface area contributed by atoms with Crippen molar-refractivity contribution in [1.29, 1.82) is 0 Å². The molecule has 2 aromatic carbocycles. The molecule has 0 fully saturated rings. The molecule has 1 unspecified atom stereocenters. The van der Waals surface area contributed by atoms with Crippen molar-refractivity contribution in [2.45, 2.75) is 6.04 Å². The van der Waals surface area contributed by atoms with E-state index in [1.54, 1.807) is 37.4 Å². The third-order valence-corrected chi connectivity index (χ3v) is 3.66. The molecule has 5 heteroatoms. The van der Waals surface area contributed by atoms with Crippen LogP contribution >= 0.6 is 23.2 Å². The van der Waals surface area contributed by atoms with Crippen molar-refractivity contribution in [2.75, 3.05) is 14.2 Å². The van der Waals surface area contributed by atoms with E-state index in [1.165, 1.54) is 13.2 Å². The number of rotatable bonds is 4.